The fourth-order valence-electron chi connectivity index (χ4n) is 4.86. The Labute approximate surface area is 212 Å². The molecule has 0 N–H and O–H groups in total. The number of hydrogen-bond acceptors (Lipinski definition) is 4. The maximum atomic E-state index is 13.6. The summed E-state index contributed by atoms with van der Waals surface area (Å²) in [6.45, 7) is 1.51. The SMILES string of the molecule is CN(C)C(=O)c1cc2cc(C3=CCCN(C(=O)C4Cc5c(Br)cccc5CN4C=O)C3)ccc2o1. The van der Waals surface area contributed by atoms with E-state index in [4.69, 9.17) is 4.42 Å². The van der Waals surface area contributed by atoms with E-state index in [2.05, 4.69) is 22.0 Å². The van der Waals surface area contributed by atoms with Crippen molar-refractivity contribution in [1.29, 1.82) is 0 Å². The van der Waals surface area contributed by atoms with Gasteiger partial charge in [-0.05, 0) is 52.9 Å². The van der Waals surface area contributed by atoms with E-state index in [1.165, 1.54) is 4.90 Å². The topological polar surface area (TPSA) is 74.1 Å². The fourth-order valence-corrected chi connectivity index (χ4v) is 5.43. The van der Waals surface area contributed by atoms with Crippen LogP contribution in [0.2, 0.25) is 0 Å². The van der Waals surface area contributed by atoms with Crippen molar-refractivity contribution in [2.24, 2.45) is 0 Å². The minimum absolute atomic E-state index is 0.0349. The summed E-state index contributed by atoms with van der Waals surface area (Å²) >= 11 is 3.60. The molecule has 0 spiro atoms. The molecule has 0 bridgehead atoms. The first-order valence-electron chi connectivity index (χ1n) is 11.6. The molecule has 0 radical (unpaired) electrons. The van der Waals surface area contributed by atoms with Crippen molar-refractivity contribution < 1.29 is 18.8 Å². The molecule has 1 unspecified atom stereocenters. The lowest BCUT2D eigenvalue weighted by Crippen LogP contribution is -2.52. The second kappa shape index (κ2) is 9.34. The van der Waals surface area contributed by atoms with Gasteiger partial charge in [-0.1, -0.05) is 40.2 Å². The quantitative estimate of drug-likeness (QED) is 0.471. The maximum absolute atomic E-state index is 13.6. The Morgan fingerprint density at radius 3 is 2.74 bits per heavy atom. The Morgan fingerprint density at radius 2 is 1.97 bits per heavy atom. The molecule has 0 aliphatic carbocycles. The van der Waals surface area contributed by atoms with E-state index in [0.29, 0.717) is 37.4 Å². The highest BCUT2D eigenvalue weighted by molar-refractivity contribution is 9.10. The summed E-state index contributed by atoms with van der Waals surface area (Å²) in [6, 6.07) is 13.0. The molecule has 180 valence electrons. The maximum Gasteiger partial charge on any atom is 0.289 e. The predicted molar refractivity (Wildman–Crippen MR) is 137 cm³/mol. The van der Waals surface area contributed by atoms with Gasteiger partial charge in [0.05, 0.1) is 0 Å². The first-order valence-corrected chi connectivity index (χ1v) is 12.4. The van der Waals surface area contributed by atoms with Crippen molar-refractivity contribution in [3.8, 4) is 0 Å². The largest absolute Gasteiger partial charge is 0.451 e. The Morgan fingerprint density at radius 1 is 1.14 bits per heavy atom. The first-order chi connectivity index (χ1) is 16.9. The average Bonchev–Trinajstić information content (AvgIpc) is 3.30. The van der Waals surface area contributed by atoms with Crippen LogP contribution >= 0.6 is 15.9 Å². The monoisotopic (exact) mass is 535 g/mol. The van der Waals surface area contributed by atoms with Crippen LogP contribution in [0, 0.1) is 0 Å². The highest BCUT2D eigenvalue weighted by Gasteiger charge is 2.35. The van der Waals surface area contributed by atoms with Gasteiger partial charge >= 0.3 is 0 Å². The summed E-state index contributed by atoms with van der Waals surface area (Å²) in [6.07, 6.45) is 4.17. The van der Waals surface area contributed by atoms with E-state index in [1.807, 2.05) is 41.3 Å². The van der Waals surface area contributed by atoms with Crippen LogP contribution in [-0.2, 0) is 22.6 Å². The second-order valence-corrected chi connectivity index (χ2v) is 10.1. The third-order valence-electron chi connectivity index (χ3n) is 6.75. The van der Waals surface area contributed by atoms with Crippen LogP contribution in [0.3, 0.4) is 0 Å². The molecule has 0 saturated heterocycles. The molecule has 1 aromatic heterocycles. The zero-order chi connectivity index (χ0) is 24.7. The number of carbonyl (C=O) groups excluding carboxylic acids is 3. The number of hydrogen-bond donors (Lipinski definition) is 0. The minimum atomic E-state index is -0.519. The lowest BCUT2D eigenvalue weighted by molar-refractivity contribution is -0.141. The van der Waals surface area contributed by atoms with Gasteiger partial charge in [0.1, 0.15) is 11.6 Å². The highest BCUT2D eigenvalue weighted by atomic mass is 79.9. The lowest BCUT2D eigenvalue weighted by atomic mass is 9.92. The Kier molecular flexibility index (Phi) is 6.23. The van der Waals surface area contributed by atoms with Crippen LogP contribution in [-0.4, -0.2) is 66.2 Å². The average molecular weight is 536 g/mol. The van der Waals surface area contributed by atoms with Crippen molar-refractivity contribution in [2.75, 3.05) is 27.2 Å². The molecule has 8 heteroatoms. The first kappa shape index (κ1) is 23.4. The van der Waals surface area contributed by atoms with Gasteiger partial charge in [0.25, 0.3) is 5.91 Å². The summed E-state index contributed by atoms with van der Waals surface area (Å²) in [5, 5.41) is 0.845. The lowest BCUT2D eigenvalue weighted by Gasteiger charge is -2.38. The van der Waals surface area contributed by atoms with Crippen LogP contribution < -0.4 is 0 Å². The molecule has 3 amide bonds. The summed E-state index contributed by atoms with van der Waals surface area (Å²) in [7, 11) is 3.38. The zero-order valence-electron chi connectivity index (χ0n) is 19.7. The van der Waals surface area contributed by atoms with E-state index >= 15 is 0 Å². The van der Waals surface area contributed by atoms with Gasteiger partial charge in [0, 0.05) is 50.0 Å². The van der Waals surface area contributed by atoms with E-state index < -0.39 is 6.04 Å². The fraction of sp³-hybridized carbons (Fsp3) is 0.296. The molecule has 0 saturated carbocycles. The number of amides is 3. The van der Waals surface area contributed by atoms with Crippen LogP contribution in [0.5, 0.6) is 0 Å². The summed E-state index contributed by atoms with van der Waals surface area (Å²) in [5.41, 5.74) is 4.84. The predicted octanol–water partition coefficient (Wildman–Crippen LogP) is 4.10. The Bertz CT molecular complexity index is 1360. The van der Waals surface area contributed by atoms with Crippen LogP contribution in [0.15, 0.2) is 57.4 Å². The van der Waals surface area contributed by atoms with E-state index in [0.717, 1.165) is 45.0 Å². The van der Waals surface area contributed by atoms with Crippen molar-refractivity contribution >= 4 is 50.7 Å². The summed E-state index contributed by atoms with van der Waals surface area (Å²) < 4.78 is 6.69. The number of halogens is 1. The Balaban J connectivity index is 1.37. The molecule has 35 heavy (non-hydrogen) atoms. The summed E-state index contributed by atoms with van der Waals surface area (Å²) in [5.74, 6) is 0.0819. The van der Waals surface area contributed by atoms with Crippen LogP contribution in [0.1, 0.15) is 33.7 Å². The standard InChI is InChI=1S/C27H26BrN3O4/c1-29(2)27(34)25-12-20-11-17(8-9-24(20)35-25)18-6-4-10-30(14-18)26(33)23-13-21-19(15-31(23)16-32)5-3-7-22(21)28/h3,5-9,11-12,16,23H,4,10,13-15H2,1-2H3. The molecule has 3 aromatic rings. The number of fused-ring (bicyclic) bond motifs is 2. The van der Waals surface area contributed by atoms with Gasteiger partial charge in [-0.3, -0.25) is 14.4 Å². The molecular formula is C27H26BrN3O4. The van der Waals surface area contributed by atoms with E-state index in [1.54, 1.807) is 25.1 Å². The molecule has 2 aliphatic rings. The third-order valence-corrected chi connectivity index (χ3v) is 7.50. The van der Waals surface area contributed by atoms with Crippen molar-refractivity contribution in [2.45, 2.75) is 25.4 Å². The molecule has 2 aromatic carbocycles. The third kappa shape index (κ3) is 4.38. The number of carbonyl (C=O) groups is 3. The van der Waals surface area contributed by atoms with Gasteiger partial charge in [-0.15, -0.1) is 0 Å². The zero-order valence-corrected chi connectivity index (χ0v) is 21.2. The molecule has 1 atom stereocenters. The van der Waals surface area contributed by atoms with Crippen molar-refractivity contribution in [1.82, 2.24) is 14.7 Å². The molecule has 2 aliphatic heterocycles. The molecule has 7 nitrogen and oxygen atoms in total. The highest BCUT2D eigenvalue weighted by Crippen LogP contribution is 2.31. The molecule has 5 rings (SSSR count). The second-order valence-electron chi connectivity index (χ2n) is 9.22. The van der Waals surface area contributed by atoms with Crippen molar-refractivity contribution in [3.05, 3.63) is 75.5 Å². The van der Waals surface area contributed by atoms with E-state index in [-0.39, 0.29) is 11.8 Å². The van der Waals surface area contributed by atoms with Gasteiger partial charge in [0.15, 0.2) is 5.76 Å². The minimum Gasteiger partial charge on any atom is -0.451 e. The van der Waals surface area contributed by atoms with E-state index in [9.17, 15) is 14.4 Å². The number of rotatable bonds is 4. The molecule has 0 fully saturated rings. The molecular weight excluding hydrogens is 510 g/mol. The van der Waals surface area contributed by atoms with Crippen molar-refractivity contribution in [3.63, 3.8) is 0 Å². The number of benzene rings is 2. The molecule has 3 heterocycles. The van der Waals surface area contributed by atoms with Gasteiger partial charge < -0.3 is 19.1 Å². The van der Waals surface area contributed by atoms with Crippen LogP contribution in [0.4, 0.5) is 0 Å². The number of furan rings is 1. The smallest absolute Gasteiger partial charge is 0.289 e. The summed E-state index contributed by atoms with van der Waals surface area (Å²) in [4.78, 5) is 42.7. The van der Waals surface area contributed by atoms with Gasteiger partial charge in [0.2, 0.25) is 12.3 Å². The normalized spacial score (nSPS) is 17.7. The van der Waals surface area contributed by atoms with Gasteiger partial charge in [-0.2, -0.15) is 0 Å². The van der Waals surface area contributed by atoms with Crippen LogP contribution in [0.25, 0.3) is 16.5 Å². The Hall–Kier alpha value is -3.39. The van der Waals surface area contributed by atoms with Gasteiger partial charge in [-0.25, -0.2) is 0 Å². The number of nitrogens with zero attached hydrogens (tertiary/aromatic N) is 3.